The number of carbonyl (C=O) groups excluding carboxylic acids is 1. The summed E-state index contributed by atoms with van der Waals surface area (Å²) in [6, 6.07) is -2.31. The van der Waals surface area contributed by atoms with Gasteiger partial charge in [0.15, 0.2) is 0 Å². The third kappa shape index (κ3) is 8.20. The van der Waals surface area contributed by atoms with E-state index in [2.05, 4.69) is 11.3 Å². The quantitative estimate of drug-likeness (QED) is 0.323. The Morgan fingerprint density at radius 1 is 1.55 bits per heavy atom. The average molecular weight is 234 g/mol. The highest BCUT2D eigenvalue weighted by Gasteiger charge is 2.24. The molecule has 0 unspecified atom stereocenters. The second-order valence-electron chi connectivity index (χ2n) is 1.74. The van der Waals surface area contributed by atoms with E-state index in [1.165, 1.54) is 0 Å². The van der Waals surface area contributed by atoms with E-state index in [1.54, 1.807) is 0 Å². The highest BCUT2D eigenvalue weighted by molar-refractivity contribution is 7.64. The first-order valence-corrected chi connectivity index (χ1v) is 8.06. The molecular formula is C5H7Cl3O2Si. The molecule has 11 heavy (non-hydrogen) atoms. The molecule has 0 bridgehead atoms. The molecule has 0 fully saturated rings. The number of hydrogen-bond donors (Lipinski definition) is 0. The third-order valence-electron chi connectivity index (χ3n) is 0.797. The van der Waals surface area contributed by atoms with Crippen LogP contribution in [0.3, 0.4) is 0 Å². The molecule has 0 aliphatic rings. The van der Waals surface area contributed by atoms with Crippen molar-refractivity contribution >= 4 is 45.2 Å². The zero-order valence-electron chi connectivity index (χ0n) is 5.65. The van der Waals surface area contributed by atoms with Crippen LogP contribution in [0.2, 0.25) is 6.04 Å². The predicted molar refractivity (Wildman–Crippen MR) is 49.3 cm³/mol. The first kappa shape index (κ1) is 11.3. The van der Waals surface area contributed by atoms with Crippen molar-refractivity contribution in [1.29, 1.82) is 0 Å². The van der Waals surface area contributed by atoms with E-state index in [1.807, 2.05) is 0 Å². The van der Waals surface area contributed by atoms with Gasteiger partial charge in [-0.25, -0.2) is 4.79 Å². The van der Waals surface area contributed by atoms with Crippen molar-refractivity contribution in [2.24, 2.45) is 0 Å². The Hall–Kier alpha value is 0.297. The molecule has 6 heteroatoms. The van der Waals surface area contributed by atoms with Gasteiger partial charge in [0.25, 0.3) is 0 Å². The standard InChI is InChI=1S/C5H7Cl3O2Si/c1-2-5(9)10-3-4-11(6,7)8/h2H,1,3-4H2. The molecule has 0 N–H and O–H groups in total. The molecule has 0 saturated heterocycles. The molecule has 0 atom stereocenters. The van der Waals surface area contributed by atoms with E-state index in [-0.39, 0.29) is 6.61 Å². The van der Waals surface area contributed by atoms with E-state index in [4.69, 9.17) is 33.2 Å². The lowest BCUT2D eigenvalue weighted by molar-refractivity contribution is -0.137. The Labute approximate surface area is 80.2 Å². The van der Waals surface area contributed by atoms with Gasteiger partial charge in [-0.2, -0.15) is 0 Å². The fourth-order valence-corrected chi connectivity index (χ4v) is 1.35. The van der Waals surface area contributed by atoms with Crippen LogP contribution in [0.1, 0.15) is 0 Å². The molecule has 0 aromatic carbocycles. The van der Waals surface area contributed by atoms with Gasteiger partial charge in [-0.15, -0.1) is 33.2 Å². The van der Waals surface area contributed by atoms with Gasteiger partial charge in [0.05, 0.1) is 6.61 Å². The number of ether oxygens (including phenoxy) is 1. The molecule has 0 spiro atoms. The van der Waals surface area contributed by atoms with Crippen LogP contribution in [0.4, 0.5) is 0 Å². The number of carbonyl (C=O) groups is 1. The SMILES string of the molecule is C=CC(=O)OCC[Si](Cl)(Cl)Cl. The number of halogens is 3. The summed E-state index contributed by atoms with van der Waals surface area (Å²) in [5.41, 5.74) is 0. The zero-order valence-corrected chi connectivity index (χ0v) is 8.92. The molecule has 0 aromatic rings. The Morgan fingerprint density at radius 3 is 2.45 bits per heavy atom. The molecule has 0 heterocycles. The monoisotopic (exact) mass is 232 g/mol. The zero-order chi connectivity index (χ0) is 8.91. The lowest BCUT2D eigenvalue weighted by Gasteiger charge is -2.06. The summed E-state index contributed by atoms with van der Waals surface area (Å²) in [4.78, 5) is 10.4. The lowest BCUT2D eigenvalue weighted by atomic mass is 10.6. The van der Waals surface area contributed by atoms with Crippen LogP contribution >= 0.6 is 33.2 Å². The number of esters is 1. The minimum absolute atomic E-state index is 0.146. The highest BCUT2D eigenvalue weighted by Crippen LogP contribution is 2.24. The molecule has 0 radical (unpaired) electrons. The molecular weight excluding hydrogens is 226 g/mol. The summed E-state index contributed by atoms with van der Waals surface area (Å²) in [6.07, 6.45) is 1.07. The number of hydrogen-bond acceptors (Lipinski definition) is 2. The van der Waals surface area contributed by atoms with Gasteiger partial charge in [-0.3, -0.25) is 0 Å². The van der Waals surface area contributed by atoms with Crippen LogP contribution in [0.15, 0.2) is 12.7 Å². The summed E-state index contributed by atoms with van der Waals surface area (Å²) in [5, 5.41) is 0. The predicted octanol–water partition coefficient (Wildman–Crippen LogP) is 2.37. The van der Waals surface area contributed by atoms with Gasteiger partial charge in [-0.1, -0.05) is 6.58 Å². The van der Waals surface area contributed by atoms with Gasteiger partial charge in [0.1, 0.15) is 0 Å². The minimum Gasteiger partial charge on any atom is -0.463 e. The normalized spacial score (nSPS) is 10.8. The largest absolute Gasteiger partial charge is 0.463 e. The Morgan fingerprint density at radius 2 is 2.09 bits per heavy atom. The van der Waals surface area contributed by atoms with Gasteiger partial charge in [-0.05, 0) is 0 Å². The minimum atomic E-state index is -2.63. The van der Waals surface area contributed by atoms with Crippen molar-refractivity contribution in [3.63, 3.8) is 0 Å². The Balaban J connectivity index is 3.42. The third-order valence-corrected chi connectivity index (χ3v) is 3.27. The van der Waals surface area contributed by atoms with Crippen molar-refractivity contribution in [2.45, 2.75) is 6.04 Å². The molecule has 0 aliphatic carbocycles. The van der Waals surface area contributed by atoms with Crippen LogP contribution in [0, 0.1) is 0 Å². The van der Waals surface area contributed by atoms with Crippen molar-refractivity contribution < 1.29 is 9.53 Å². The maximum atomic E-state index is 10.4. The fourth-order valence-electron chi connectivity index (χ4n) is 0.326. The van der Waals surface area contributed by atoms with Crippen LogP contribution in [-0.4, -0.2) is 18.6 Å². The molecule has 64 valence electrons. The van der Waals surface area contributed by atoms with E-state index < -0.39 is 12.0 Å². The maximum Gasteiger partial charge on any atom is 0.344 e. The summed E-state index contributed by atoms with van der Waals surface area (Å²) >= 11 is 16.5. The van der Waals surface area contributed by atoms with Crippen LogP contribution < -0.4 is 0 Å². The van der Waals surface area contributed by atoms with Crippen molar-refractivity contribution in [2.75, 3.05) is 6.61 Å². The van der Waals surface area contributed by atoms with Crippen LogP contribution in [-0.2, 0) is 9.53 Å². The van der Waals surface area contributed by atoms with Crippen molar-refractivity contribution in [1.82, 2.24) is 0 Å². The van der Waals surface area contributed by atoms with E-state index in [9.17, 15) is 4.79 Å². The first-order chi connectivity index (χ1) is 4.95. The summed E-state index contributed by atoms with van der Waals surface area (Å²) < 4.78 is 4.59. The molecule has 0 rings (SSSR count). The van der Waals surface area contributed by atoms with E-state index in [0.29, 0.717) is 6.04 Å². The second kappa shape index (κ2) is 5.03. The number of rotatable bonds is 4. The Bertz CT molecular complexity index is 154. The first-order valence-electron chi connectivity index (χ1n) is 2.81. The van der Waals surface area contributed by atoms with Gasteiger partial charge in [0, 0.05) is 12.1 Å². The molecule has 0 amide bonds. The molecule has 0 aliphatic heterocycles. The van der Waals surface area contributed by atoms with Gasteiger partial charge in [0.2, 0.25) is 0 Å². The molecule has 0 saturated carbocycles. The van der Waals surface area contributed by atoms with Crippen LogP contribution in [0.25, 0.3) is 0 Å². The smallest absolute Gasteiger partial charge is 0.344 e. The molecule has 0 aromatic heterocycles. The van der Waals surface area contributed by atoms with Crippen LogP contribution in [0.5, 0.6) is 0 Å². The van der Waals surface area contributed by atoms with E-state index >= 15 is 0 Å². The average Bonchev–Trinajstić information content (AvgIpc) is 1.85. The topological polar surface area (TPSA) is 26.3 Å². The highest BCUT2D eigenvalue weighted by atomic mass is 35.8. The van der Waals surface area contributed by atoms with Crippen molar-refractivity contribution in [3.8, 4) is 0 Å². The summed E-state index contributed by atoms with van der Waals surface area (Å²) in [6.45, 7) is 3.36. The molecule has 2 nitrogen and oxygen atoms in total. The Kier molecular flexibility index (Phi) is 5.17. The van der Waals surface area contributed by atoms with Gasteiger partial charge < -0.3 is 4.74 Å². The van der Waals surface area contributed by atoms with Gasteiger partial charge >= 0.3 is 12.0 Å². The lowest BCUT2D eigenvalue weighted by Crippen LogP contribution is -2.14. The maximum absolute atomic E-state index is 10.4. The summed E-state index contributed by atoms with van der Waals surface area (Å²) in [7, 11) is 0. The van der Waals surface area contributed by atoms with E-state index in [0.717, 1.165) is 6.08 Å². The fraction of sp³-hybridized carbons (Fsp3) is 0.400. The summed E-state index contributed by atoms with van der Waals surface area (Å²) in [5.74, 6) is -0.492. The van der Waals surface area contributed by atoms with Crippen molar-refractivity contribution in [3.05, 3.63) is 12.7 Å². The second-order valence-corrected chi connectivity index (χ2v) is 11.0.